The summed E-state index contributed by atoms with van der Waals surface area (Å²) in [4.78, 5) is 4.73. The number of fused-ring (bicyclic) bond motifs is 1. The lowest BCUT2D eigenvalue weighted by Crippen LogP contribution is -2.10. The molecule has 0 saturated heterocycles. The first-order chi connectivity index (χ1) is 9.19. The molecule has 0 amide bonds. The van der Waals surface area contributed by atoms with Crippen LogP contribution in [0.1, 0.15) is 38.1 Å². The van der Waals surface area contributed by atoms with Crippen molar-refractivity contribution in [3.05, 3.63) is 29.0 Å². The van der Waals surface area contributed by atoms with E-state index < -0.39 is 0 Å². The Kier molecular flexibility index (Phi) is 3.72. The number of nitrogens with zero attached hydrogens (tertiary/aromatic N) is 2. The van der Waals surface area contributed by atoms with Crippen molar-refractivity contribution in [2.45, 2.75) is 38.6 Å². The van der Waals surface area contributed by atoms with Crippen LogP contribution in [0.3, 0.4) is 0 Å². The second kappa shape index (κ2) is 5.34. The average Bonchev–Trinajstić information content (AvgIpc) is 2.93. The molecule has 1 aliphatic carbocycles. The van der Waals surface area contributed by atoms with Gasteiger partial charge in [-0.05, 0) is 43.4 Å². The molecular weight excluding hydrogens is 279 g/mol. The van der Waals surface area contributed by atoms with Crippen molar-refractivity contribution in [1.82, 2.24) is 9.55 Å². The Morgan fingerprint density at radius 3 is 2.89 bits per heavy atom. The summed E-state index contributed by atoms with van der Waals surface area (Å²) in [6.45, 7) is 2.33. The van der Waals surface area contributed by atoms with Crippen LogP contribution in [0.5, 0.6) is 0 Å². The van der Waals surface area contributed by atoms with Gasteiger partial charge in [-0.2, -0.15) is 0 Å². The number of imidazole rings is 1. The summed E-state index contributed by atoms with van der Waals surface area (Å²) in [7, 11) is 0. The predicted octanol–water partition coefficient (Wildman–Crippen LogP) is 4.83. The van der Waals surface area contributed by atoms with E-state index in [4.69, 9.17) is 28.2 Å². The number of hydrogen-bond acceptors (Lipinski definition) is 1. The summed E-state index contributed by atoms with van der Waals surface area (Å²) in [5.41, 5.74) is 2.19. The van der Waals surface area contributed by atoms with Gasteiger partial charge in [-0.3, -0.25) is 0 Å². The molecule has 0 spiro atoms. The van der Waals surface area contributed by atoms with Gasteiger partial charge in [0.05, 0.1) is 11.0 Å². The Bertz CT molecular complexity index is 591. The van der Waals surface area contributed by atoms with E-state index in [-0.39, 0.29) is 0 Å². The fourth-order valence-corrected chi connectivity index (χ4v) is 3.53. The van der Waals surface area contributed by atoms with Gasteiger partial charge in [-0.1, -0.05) is 18.5 Å². The van der Waals surface area contributed by atoms with Crippen molar-refractivity contribution in [2.75, 3.05) is 5.88 Å². The van der Waals surface area contributed by atoms with Gasteiger partial charge in [0.25, 0.3) is 0 Å². The minimum Gasteiger partial charge on any atom is -0.325 e. The zero-order chi connectivity index (χ0) is 13.4. The minimum absolute atomic E-state index is 0.552. The van der Waals surface area contributed by atoms with Gasteiger partial charge < -0.3 is 4.57 Å². The first kappa shape index (κ1) is 13.3. The first-order valence-electron chi connectivity index (χ1n) is 6.91. The van der Waals surface area contributed by atoms with Crippen molar-refractivity contribution in [3.8, 4) is 0 Å². The third-order valence-corrected chi connectivity index (χ3v) is 4.50. The van der Waals surface area contributed by atoms with Gasteiger partial charge in [0, 0.05) is 23.4 Å². The topological polar surface area (TPSA) is 17.8 Å². The largest absolute Gasteiger partial charge is 0.325 e. The highest BCUT2D eigenvalue weighted by Gasteiger charge is 2.26. The number of alkyl halides is 1. The molecule has 3 rings (SSSR count). The number of halogens is 2. The summed E-state index contributed by atoms with van der Waals surface area (Å²) in [6.07, 6.45) is 4.58. The zero-order valence-electron chi connectivity index (χ0n) is 11.1. The Labute approximate surface area is 123 Å². The standard InChI is InChI=1S/C15H18Cl2N2/c1-10-2-4-12(8-10)19-14-9-11(17)3-5-13(14)18-15(19)6-7-16/h3,5,9-10,12H,2,4,6-8H2,1H3. The number of benzene rings is 1. The third kappa shape index (κ3) is 2.48. The fraction of sp³-hybridized carbons (Fsp3) is 0.533. The maximum atomic E-state index is 6.15. The summed E-state index contributed by atoms with van der Waals surface area (Å²) in [6, 6.07) is 6.49. The van der Waals surface area contributed by atoms with E-state index in [0.717, 1.165) is 34.2 Å². The SMILES string of the molecule is CC1CCC(n2c(CCCl)nc3ccc(Cl)cc32)C1. The molecule has 102 valence electrons. The summed E-state index contributed by atoms with van der Waals surface area (Å²) >= 11 is 12.1. The van der Waals surface area contributed by atoms with Crippen LogP contribution in [0.25, 0.3) is 11.0 Å². The molecule has 1 aromatic heterocycles. The first-order valence-corrected chi connectivity index (χ1v) is 7.82. The van der Waals surface area contributed by atoms with E-state index in [0.29, 0.717) is 11.9 Å². The lowest BCUT2D eigenvalue weighted by molar-refractivity contribution is 0.490. The molecule has 0 N–H and O–H groups in total. The number of aryl methyl sites for hydroxylation is 1. The summed E-state index contributed by atoms with van der Waals surface area (Å²) in [5, 5.41) is 0.775. The zero-order valence-corrected chi connectivity index (χ0v) is 12.6. The van der Waals surface area contributed by atoms with Gasteiger partial charge in [0.1, 0.15) is 5.82 Å². The molecule has 1 aliphatic rings. The Morgan fingerprint density at radius 2 is 2.21 bits per heavy atom. The van der Waals surface area contributed by atoms with Crippen LogP contribution in [0.15, 0.2) is 18.2 Å². The van der Waals surface area contributed by atoms with E-state index in [1.807, 2.05) is 18.2 Å². The van der Waals surface area contributed by atoms with Gasteiger partial charge in [0.15, 0.2) is 0 Å². The van der Waals surface area contributed by atoms with Crippen LogP contribution in [0, 0.1) is 5.92 Å². The molecule has 2 nitrogen and oxygen atoms in total. The molecule has 2 aromatic rings. The maximum absolute atomic E-state index is 6.15. The quantitative estimate of drug-likeness (QED) is 0.742. The molecule has 4 heteroatoms. The molecule has 1 fully saturated rings. The Morgan fingerprint density at radius 1 is 1.37 bits per heavy atom. The number of aromatic nitrogens is 2. The van der Waals surface area contributed by atoms with E-state index in [1.165, 1.54) is 19.3 Å². The molecule has 2 unspecified atom stereocenters. The highest BCUT2D eigenvalue weighted by atomic mass is 35.5. The Balaban J connectivity index is 2.12. The van der Waals surface area contributed by atoms with E-state index in [2.05, 4.69) is 11.5 Å². The summed E-state index contributed by atoms with van der Waals surface area (Å²) < 4.78 is 2.38. The van der Waals surface area contributed by atoms with Crippen molar-refractivity contribution >= 4 is 34.2 Å². The highest BCUT2D eigenvalue weighted by molar-refractivity contribution is 6.31. The van der Waals surface area contributed by atoms with Gasteiger partial charge >= 0.3 is 0 Å². The molecule has 19 heavy (non-hydrogen) atoms. The summed E-state index contributed by atoms with van der Waals surface area (Å²) in [5.74, 6) is 2.51. The molecule has 2 atom stereocenters. The molecular formula is C15H18Cl2N2. The highest BCUT2D eigenvalue weighted by Crippen LogP contribution is 2.37. The van der Waals surface area contributed by atoms with E-state index >= 15 is 0 Å². The molecule has 0 aliphatic heterocycles. The van der Waals surface area contributed by atoms with Gasteiger partial charge in [0.2, 0.25) is 0 Å². The molecule has 1 heterocycles. The number of hydrogen-bond donors (Lipinski definition) is 0. The molecule has 1 aromatic carbocycles. The van der Waals surface area contributed by atoms with Crippen LogP contribution in [0.2, 0.25) is 5.02 Å². The van der Waals surface area contributed by atoms with Gasteiger partial charge in [-0.15, -0.1) is 11.6 Å². The smallest absolute Gasteiger partial charge is 0.111 e. The third-order valence-electron chi connectivity index (χ3n) is 4.07. The second-order valence-corrected chi connectivity index (χ2v) is 6.36. The minimum atomic E-state index is 0.552. The molecule has 1 saturated carbocycles. The maximum Gasteiger partial charge on any atom is 0.111 e. The molecule has 0 radical (unpaired) electrons. The van der Waals surface area contributed by atoms with E-state index in [9.17, 15) is 0 Å². The van der Waals surface area contributed by atoms with Crippen LogP contribution in [-0.4, -0.2) is 15.4 Å². The average molecular weight is 297 g/mol. The lowest BCUT2D eigenvalue weighted by atomic mass is 10.1. The van der Waals surface area contributed by atoms with Gasteiger partial charge in [-0.25, -0.2) is 4.98 Å². The molecule has 0 bridgehead atoms. The normalized spacial score (nSPS) is 23.3. The van der Waals surface area contributed by atoms with Crippen LogP contribution >= 0.6 is 23.2 Å². The van der Waals surface area contributed by atoms with Crippen molar-refractivity contribution in [1.29, 1.82) is 0 Å². The van der Waals surface area contributed by atoms with Crippen molar-refractivity contribution in [3.63, 3.8) is 0 Å². The lowest BCUT2D eigenvalue weighted by Gasteiger charge is -2.16. The van der Waals surface area contributed by atoms with Crippen LogP contribution in [-0.2, 0) is 6.42 Å². The van der Waals surface area contributed by atoms with Crippen molar-refractivity contribution in [2.24, 2.45) is 5.92 Å². The predicted molar refractivity (Wildman–Crippen MR) is 81.2 cm³/mol. The van der Waals surface area contributed by atoms with Crippen molar-refractivity contribution < 1.29 is 0 Å². The fourth-order valence-electron chi connectivity index (χ4n) is 3.20. The number of rotatable bonds is 3. The van der Waals surface area contributed by atoms with Crippen LogP contribution in [0.4, 0.5) is 0 Å². The van der Waals surface area contributed by atoms with Crippen LogP contribution < -0.4 is 0 Å². The monoisotopic (exact) mass is 296 g/mol. The Hall–Kier alpha value is -0.730. The second-order valence-electron chi connectivity index (χ2n) is 5.54. The van der Waals surface area contributed by atoms with E-state index in [1.54, 1.807) is 0 Å².